The summed E-state index contributed by atoms with van der Waals surface area (Å²) in [5.41, 5.74) is -1.35. The van der Waals surface area contributed by atoms with Crippen LogP contribution in [0.3, 0.4) is 0 Å². The Kier molecular flexibility index (Phi) is 4.91. The summed E-state index contributed by atoms with van der Waals surface area (Å²) in [7, 11) is 0. The van der Waals surface area contributed by atoms with E-state index >= 15 is 0 Å². The van der Waals surface area contributed by atoms with Crippen LogP contribution in [-0.2, 0) is 15.8 Å². The minimum Gasteiger partial charge on any atom is -0.360 e. The average molecular weight is 341 g/mol. The van der Waals surface area contributed by atoms with Gasteiger partial charge in [0.2, 0.25) is 11.8 Å². The van der Waals surface area contributed by atoms with Crippen molar-refractivity contribution in [1.82, 2.24) is 5.16 Å². The number of anilines is 2. The number of rotatable bonds is 4. The molecule has 2 rings (SSSR count). The highest BCUT2D eigenvalue weighted by Crippen LogP contribution is 2.34. The van der Waals surface area contributed by atoms with E-state index in [0.717, 1.165) is 17.0 Å². The van der Waals surface area contributed by atoms with Crippen molar-refractivity contribution in [3.05, 3.63) is 41.7 Å². The number of aryl methyl sites for hydroxylation is 1. The van der Waals surface area contributed by atoms with E-state index < -0.39 is 30.1 Å². The minimum atomic E-state index is -4.60. The number of aromatic nitrogens is 1. The first-order valence-corrected chi connectivity index (χ1v) is 6.86. The van der Waals surface area contributed by atoms with Gasteiger partial charge in [-0.2, -0.15) is 13.2 Å². The van der Waals surface area contributed by atoms with Crippen LogP contribution in [0.25, 0.3) is 0 Å². The largest absolute Gasteiger partial charge is 0.418 e. The fourth-order valence-corrected chi connectivity index (χ4v) is 2.01. The summed E-state index contributed by atoms with van der Waals surface area (Å²) in [5.74, 6) is -0.747. The second kappa shape index (κ2) is 6.73. The molecule has 1 N–H and O–H groups in total. The number of hydrogen-bond acceptors (Lipinski definition) is 4. The number of carbonyl (C=O) groups excluding carboxylic acids is 2. The van der Waals surface area contributed by atoms with Crippen LogP contribution in [0.4, 0.5) is 24.7 Å². The number of amides is 2. The summed E-state index contributed by atoms with van der Waals surface area (Å²) in [6.07, 6.45) is -4.60. The summed E-state index contributed by atoms with van der Waals surface area (Å²) in [6, 6.07) is 6.03. The number of halogens is 3. The van der Waals surface area contributed by atoms with E-state index in [1.54, 1.807) is 6.92 Å². The van der Waals surface area contributed by atoms with Gasteiger partial charge in [0.25, 0.3) is 0 Å². The third kappa shape index (κ3) is 4.12. The molecule has 0 atom stereocenters. The van der Waals surface area contributed by atoms with Gasteiger partial charge in [-0.25, -0.2) is 0 Å². The molecule has 0 unspecified atom stereocenters. The third-order valence-corrected chi connectivity index (χ3v) is 3.08. The van der Waals surface area contributed by atoms with Gasteiger partial charge in [-0.15, -0.1) is 0 Å². The lowest BCUT2D eigenvalue weighted by atomic mass is 10.1. The minimum absolute atomic E-state index is 0.110. The van der Waals surface area contributed by atoms with Gasteiger partial charge < -0.3 is 9.84 Å². The second-order valence-corrected chi connectivity index (χ2v) is 4.99. The first-order chi connectivity index (χ1) is 11.2. The van der Waals surface area contributed by atoms with E-state index in [1.807, 2.05) is 0 Å². The maximum Gasteiger partial charge on any atom is 0.418 e. The average Bonchev–Trinajstić information content (AvgIpc) is 2.90. The molecule has 24 heavy (non-hydrogen) atoms. The molecule has 0 saturated heterocycles. The lowest BCUT2D eigenvalue weighted by Crippen LogP contribution is -2.37. The predicted molar refractivity (Wildman–Crippen MR) is 79.3 cm³/mol. The summed E-state index contributed by atoms with van der Waals surface area (Å²) in [5, 5.41) is 5.79. The number of carbonyl (C=O) groups is 2. The van der Waals surface area contributed by atoms with Gasteiger partial charge in [0.05, 0.1) is 11.3 Å². The summed E-state index contributed by atoms with van der Waals surface area (Å²) in [4.78, 5) is 24.7. The molecule has 2 amide bonds. The molecule has 0 aliphatic carbocycles. The van der Waals surface area contributed by atoms with Crippen LogP contribution in [0.2, 0.25) is 0 Å². The Balaban J connectivity index is 2.17. The Hall–Kier alpha value is -2.84. The number of nitrogens with zero attached hydrogens (tertiary/aromatic N) is 2. The molecule has 0 spiro atoms. The van der Waals surface area contributed by atoms with Crippen LogP contribution in [0.15, 0.2) is 34.9 Å². The molecule has 0 aliphatic heterocycles. The fourth-order valence-electron chi connectivity index (χ4n) is 2.01. The lowest BCUT2D eigenvalue weighted by Gasteiger charge is -2.18. The van der Waals surface area contributed by atoms with E-state index in [0.29, 0.717) is 5.76 Å². The first-order valence-electron chi connectivity index (χ1n) is 6.86. The second-order valence-electron chi connectivity index (χ2n) is 4.99. The molecule has 0 aliphatic rings. The van der Waals surface area contributed by atoms with E-state index in [4.69, 9.17) is 4.52 Å². The third-order valence-electron chi connectivity index (χ3n) is 3.08. The molecule has 9 heteroatoms. The van der Waals surface area contributed by atoms with Crippen LogP contribution in [0, 0.1) is 6.92 Å². The Labute approximate surface area is 135 Å². The number of hydrogen-bond donors (Lipinski definition) is 1. The smallest absolute Gasteiger partial charge is 0.360 e. The van der Waals surface area contributed by atoms with Crippen molar-refractivity contribution in [3.63, 3.8) is 0 Å². The van der Waals surface area contributed by atoms with Gasteiger partial charge >= 0.3 is 6.18 Å². The molecule has 1 aromatic carbocycles. The van der Waals surface area contributed by atoms with Crippen molar-refractivity contribution in [3.8, 4) is 0 Å². The molecule has 0 bridgehead atoms. The van der Waals surface area contributed by atoms with Crippen LogP contribution in [-0.4, -0.2) is 23.5 Å². The number of nitrogens with one attached hydrogen (secondary N) is 1. The highest BCUT2D eigenvalue weighted by Gasteiger charge is 2.33. The van der Waals surface area contributed by atoms with Gasteiger partial charge in [0.1, 0.15) is 12.3 Å². The molecule has 128 valence electrons. The molecule has 6 nitrogen and oxygen atoms in total. The van der Waals surface area contributed by atoms with Crippen LogP contribution < -0.4 is 10.2 Å². The summed E-state index contributed by atoms with van der Waals surface area (Å²) in [6.45, 7) is 2.32. The monoisotopic (exact) mass is 341 g/mol. The van der Waals surface area contributed by atoms with Gasteiger partial charge in [-0.05, 0) is 19.1 Å². The molecule has 2 aromatic rings. The van der Waals surface area contributed by atoms with Crippen molar-refractivity contribution in [2.45, 2.75) is 20.0 Å². The van der Waals surface area contributed by atoms with Crippen molar-refractivity contribution in [2.75, 3.05) is 16.8 Å². The van der Waals surface area contributed by atoms with Crippen molar-refractivity contribution in [1.29, 1.82) is 0 Å². The maximum atomic E-state index is 12.9. The Bertz CT molecular complexity index is 756. The highest BCUT2D eigenvalue weighted by atomic mass is 19.4. The topological polar surface area (TPSA) is 75.4 Å². The first kappa shape index (κ1) is 17.5. The van der Waals surface area contributed by atoms with Crippen molar-refractivity contribution < 1.29 is 27.3 Å². The Morgan fingerprint density at radius 3 is 2.50 bits per heavy atom. The SMILES string of the molecule is CC(=O)N(CC(=O)Nc1ccccc1C(F)(F)F)c1cc(C)on1. The van der Waals surface area contributed by atoms with Crippen LogP contribution in [0.5, 0.6) is 0 Å². The van der Waals surface area contributed by atoms with Gasteiger partial charge in [-0.3, -0.25) is 14.5 Å². The zero-order valence-corrected chi connectivity index (χ0v) is 12.8. The van der Waals surface area contributed by atoms with Crippen LogP contribution >= 0.6 is 0 Å². The molecule has 0 fully saturated rings. The van der Waals surface area contributed by atoms with E-state index in [9.17, 15) is 22.8 Å². The number of benzene rings is 1. The molecule has 1 aromatic heterocycles. The fraction of sp³-hybridized carbons (Fsp3) is 0.267. The zero-order valence-electron chi connectivity index (χ0n) is 12.8. The Morgan fingerprint density at radius 2 is 1.96 bits per heavy atom. The standard InChI is InChI=1S/C15H14F3N3O3/c1-9-7-13(20-24-9)21(10(2)22)8-14(23)19-12-6-4-3-5-11(12)15(16,17)18/h3-7H,8H2,1-2H3,(H,19,23). The van der Waals surface area contributed by atoms with Gasteiger partial charge in [-0.1, -0.05) is 17.3 Å². The molecule has 0 saturated carbocycles. The lowest BCUT2D eigenvalue weighted by molar-refractivity contribution is -0.137. The summed E-state index contributed by atoms with van der Waals surface area (Å²) < 4.78 is 43.6. The van der Waals surface area contributed by atoms with Gasteiger partial charge in [0, 0.05) is 13.0 Å². The van der Waals surface area contributed by atoms with Crippen molar-refractivity contribution in [2.24, 2.45) is 0 Å². The number of para-hydroxylation sites is 1. The van der Waals surface area contributed by atoms with Crippen molar-refractivity contribution >= 4 is 23.3 Å². The predicted octanol–water partition coefficient (Wildman–Crippen LogP) is 2.99. The normalized spacial score (nSPS) is 11.2. The van der Waals surface area contributed by atoms with Gasteiger partial charge in [0.15, 0.2) is 5.82 Å². The molecule has 0 radical (unpaired) electrons. The van der Waals surface area contributed by atoms with Crippen LogP contribution in [0.1, 0.15) is 18.2 Å². The quantitative estimate of drug-likeness (QED) is 0.928. The molecular weight excluding hydrogens is 327 g/mol. The zero-order chi connectivity index (χ0) is 17.9. The molecule has 1 heterocycles. The maximum absolute atomic E-state index is 12.9. The van der Waals surface area contributed by atoms with E-state index in [1.165, 1.54) is 25.1 Å². The van der Waals surface area contributed by atoms with E-state index in [-0.39, 0.29) is 11.5 Å². The summed E-state index contributed by atoms with van der Waals surface area (Å²) >= 11 is 0. The Morgan fingerprint density at radius 1 is 1.29 bits per heavy atom. The highest BCUT2D eigenvalue weighted by molar-refractivity contribution is 6.01. The number of alkyl halides is 3. The molecular formula is C15H14F3N3O3. The van der Waals surface area contributed by atoms with E-state index in [2.05, 4.69) is 10.5 Å².